The van der Waals surface area contributed by atoms with Gasteiger partial charge in [0.1, 0.15) is 0 Å². The molecule has 0 aliphatic rings. The van der Waals surface area contributed by atoms with Crippen LogP contribution < -0.4 is 0 Å². The predicted molar refractivity (Wildman–Crippen MR) is 71.2 cm³/mol. The number of aryl methyl sites for hydroxylation is 1. The summed E-state index contributed by atoms with van der Waals surface area (Å²) in [6.07, 6.45) is -2.26. The van der Waals surface area contributed by atoms with Crippen LogP contribution >= 0.6 is 12.2 Å². The second-order valence-corrected chi connectivity index (χ2v) is 4.36. The van der Waals surface area contributed by atoms with Gasteiger partial charge in [0.15, 0.2) is 5.82 Å². The first-order valence-corrected chi connectivity index (χ1v) is 6.20. The lowest BCUT2D eigenvalue weighted by Crippen LogP contribution is -2.04. The Morgan fingerprint density at radius 2 is 2.00 bits per heavy atom. The number of alkyl halides is 3. The van der Waals surface area contributed by atoms with Crippen molar-refractivity contribution in [3.8, 4) is 0 Å². The molecule has 0 amide bonds. The van der Waals surface area contributed by atoms with Gasteiger partial charge in [0.05, 0.1) is 11.8 Å². The minimum atomic E-state index is -4.34. The SMILES string of the molecule is CCc1n[nH]c(=S)n1/N=C/c1ccc(C(F)(F)F)cc1. The molecular formula is C12H11F3N4S. The van der Waals surface area contributed by atoms with Gasteiger partial charge < -0.3 is 0 Å². The average molecular weight is 300 g/mol. The molecule has 0 saturated carbocycles. The highest BCUT2D eigenvalue weighted by Crippen LogP contribution is 2.28. The topological polar surface area (TPSA) is 46.0 Å². The molecule has 0 bridgehead atoms. The second-order valence-electron chi connectivity index (χ2n) is 3.97. The molecule has 1 heterocycles. The average Bonchev–Trinajstić information content (AvgIpc) is 2.76. The smallest absolute Gasteiger partial charge is 0.250 e. The Balaban J connectivity index is 2.24. The van der Waals surface area contributed by atoms with Crippen LogP contribution in [-0.2, 0) is 12.6 Å². The van der Waals surface area contributed by atoms with Crippen molar-refractivity contribution in [2.75, 3.05) is 0 Å². The molecule has 1 aromatic heterocycles. The Morgan fingerprint density at radius 3 is 2.55 bits per heavy atom. The molecule has 2 rings (SSSR count). The molecule has 106 valence electrons. The van der Waals surface area contributed by atoms with E-state index in [9.17, 15) is 13.2 Å². The third kappa shape index (κ3) is 3.13. The Kier molecular flexibility index (Phi) is 4.03. The molecule has 1 N–H and O–H groups in total. The molecule has 0 aliphatic carbocycles. The van der Waals surface area contributed by atoms with Crippen LogP contribution in [0.4, 0.5) is 13.2 Å². The number of aromatic nitrogens is 3. The summed E-state index contributed by atoms with van der Waals surface area (Å²) in [6, 6.07) is 4.72. The van der Waals surface area contributed by atoms with Crippen LogP contribution in [0.5, 0.6) is 0 Å². The van der Waals surface area contributed by atoms with Crippen LogP contribution in [0.1, 0.15) is 23.9 Å². The molecule has 0 spiro atoms. The van der Waals surface area contributed by atoms with Gasteiger partial charge in [-0.1, -0.05) is 19.1 Å². The number of hydrogen-bond acceptors (Lipinski definition) is 3. The van der Waals surface area contributed by atoms with Gasteiger partial charge >= 0.3 is 6.18 Å². The van der Waals surface area contributed by atoms with Crippen molar-refractivity contribution in [3.63, 3.8) is 0 Å². The predicted octanol–water partition coefficient (Wildman–Crippen LogP) is 3.40. The van der Waals surface area contributed by atoms with Crippen molar-refractivity contribution in [2.24, 2.45) is 5.10 Å². The number of nitrogens with zero attached hydrogens (tertiary/aromatic N) is 3. The monoisotopic (exact) mass is 300 g/mol. The first-order valence-electron chi connectivity index (χ1n) is 5.79. The molecular weight excluding hydrogens is 289 g/mol. The lowest BCUT2D eigenvalue weighted by atomic mass is 10.1. The van der Waals surface area contributed by atoms with E-state index in [-0.39, 0.29) is 0 Å². The molecule has 0 atom stereocenters. The molecule has 20 heavy (non-hydrogen) atoms. The molecule has 2 aromatic rings. The Bertz CT molecular complexity index is 667. The summed E-state index contributed by atoms with van der Waals surface area (Å²) < 4.78 is 39.0. The number of nitrogens with one attached hydrogen (secondary N) is 1. The fourth-order valence-electron chi connectivity index (χ4n) is 1.55. The molecule has 0 fully saturated rings. The van der Waals surface area contributed by atoms with E-state index in [1.807, 2.05) is 6.92 Å². The summed E-state index contributed by atoms with van der Waals surface area (Å²) >= 11 is 5.01. The number of benzene rings is 1. The van der Waals surface area contributed by atoms with Gasteiger partial charge in [0.2, 0.25) is 4.77 Å². The molecule has 0 unspecified atom stereocenters. The third-order valence-electron chi connectivity index (χ3n) is 2.59. The van der Waals surface area contributed by atoms with Crippen LogP contribution in [0.3, 0.4) is 0 Å². The van der Waals surface area contributed by atoms with Crippen molar-refractivity contribution in [2.45, 2.75) is 19.5 Å². The quantitative estimate of drug-likeness (QED) is 0.697. The second kappa shape index (κ2) is 5.58. The zero-order valence-corrected chi connectivity index (χ0v) is 11.3. The number of H-pyrrole nitrogens is 1. The summed E-state index contributed by atoms with van der Waals surface area (Å²) in [5, 5.41) is 10.7. The van der Waals surface area contributed by atoms with Gasteiger partial charge in [-0.15, -0.1) is 0 Å². The highest BCUT2D eigenvalue weighted by Gasteiger charge is 2.29. The van der Waals surface area contributed by atoms with Crippen molar-refractivity contribution >= 4 is 18.4 Å². The van der Waals surface area contributed by atoms with Crippen LogP contribution in [0, 0.1) is 4.77 Å². The molecule has 0 radical (unpaired) electrons. The van der Waals surface area contributed by atoms with Gasteiger partial charge in [-0.25, -0.2) is 0 Å². The van der Waals surface area contributed by atoms with Crippen molar-refractivity contribution in [1.29, 1.82) is 0 Å². The lowest BCUT2D eigenvalue weighted by Gasteiger charge is -2.05. The van der Waals surface area contributed by atoms with Crippen LogP contribution in [0.15, 0.2) is 29.4 Å². The normalized spacial score (nSPS) is 12.2. The molecule has 1 aromatic carbocycles. The fourth-order valence-corrected chi connectivity index (χ4v) is 1.75. The molecule has 8 heteroatoms. The van der Waals surface area contributed by atoms with E-state index in [2.05, 4.69) is 15.3 Å². The maximum absolute atomic E-state index is 12.4. The van der Waals surface area contributed by atoms with Gasteiger partial charge in [0, 0.05) is 6.42 Å². The van der Waals surface area contributed by atoms with Crippen LogP contribution in [0.2, 0.25) is 0 Å². The largest absolute Gasteiger partial charge is 0.416 e. The van der Waals surface area contributed by atoms with E-state index in [0.717, 1.165) is 12.1 Å². The zero-order valence-electron chi connectivity index (χ0n) is 10.5. The molecule has 0 saturated heterocycles. The van der Waals surface area contributed by atoms with E-state index < -0.39 is 11.7 Å². The minimum absolute atomic E-state index is 0.338. The van der Waals surface area contributed by atoms with Gasteiger partial charge in [-0.2, -0.15) is 28.0 Å². The maximum Gasteiger partial charge on any atom is 0.416 e. The molecule has 4 nitrogen and oxygen atoms in total. The van der Waals surface area contributed by atoms with E-state index in [1.54, 1.807) is 0 Å². The van der Waals surface area contributed by atoms with Gasteiger partial charge in [0.25, 0.3) is 0 Å². The number of rotatable bonds is 3. The van der Waals surface area contributed by atoms with Crippen molar-refractivity contribution < 1.29 is 13.2 Å². The maximum atomic E-state index is 12.4. The van der Waals surface area contributed by atoms with E-state index >= 15 is 0 Å². The first-order chi connectivity index (χ1) is 9.41. The summed E-state index contributed by atoms with van der Waals surface area (Å²) in [7, 11) is 0. The summed E-state index contributed by atoms with van der Waals surface area (Å²) in [5.74, 6) is 0.651. The highest BCUT2D eigenvalue weighted by atomic mass is 32.1. The van der Waals surface area contributed by atoms with E-state index in [4.69, 9.17) is 12.2 Å². The first kappa shape index (κ1) is 14.4. The van der Waals surface area contributed by atoms with Gasteiger partial charge in [-0.3, -0.25) is 5.10 Å². The van der Waals surface area contributed by atoms with E-state index in [1.165, 1.54) is 23.0 Å². The fraction of sp³-hybridized carbons (Fsp3) is 0.250. The third-order valence-corrected chi connectivity index (χ3v) is 2.86. The summed E-state index contributed by atoms with van der Waals surface area (Å²) in [5.41, 5.74) is -0.146. The highest BCUT2D eigenvalue weighted by molar-refractivity contribution is 7.71. The number of aromatic amines is 1. The lowest BCUT2D eigenvalue weighted by molar-refractivity contribution is -0.137. The Morgan fingerprint density at radius 1 is 1.35 bits per heavy atom. The standard InChI is InChI=1S/C12H11F3N4S/c1-2-10-17-18-11(20)19(10)16-7-8-3-5-9(6-4-8)12(13,14)15/h3-7H,2H2,1H3,(H,18,20)/b16-7+. The van der Waals surface area contributed by atoms with Gasteiger partial charge in [-0.05, 0) is 29.9 Å². The van der Waals surface area contributed by atoms with E-state index in [0.29, 0.717) is 22.6 Å². The van der Waals surface area contributed by atoms with Crippen molar-refractivity contribution in [3.05, 3.63) is 46.0 Å². The van der Waals surface area contributed by atoms with Crippen LogP contribution in [0.25, 0.3) is 0 Å². The summed E-state index contributed by atoms with van der Waals surface area (Å²) in [4.78, 5) is 0. The number of hydrogen-bond donors (Lipinski definition) is 1. The number of halogens is 3. The van der Waals surface area contributed by atoms with Crippen LogP contribution in [-0.4, -0.2) is 21.1 Å². The molecule has 0 aliphatic heterocycles. The summed E-state index contributed by atoms with van der Waals surface area (Å²) in [6.45, 7) is 1.90. The zero-order chi connectivity index (χ0) is 14.8. The van der Waals surface area contributed by atoms with Crippen molar-refractivity contribution in [1.82, 2.24) is 14.9 Å². The Labute approximate surface area is 117 Å². The Hall–Kier alpha value is -1.96. The minimum Gasteiger partial charge on any atom is -0.250 e.